The molecule has 2 heterocycles. The zero-order valence-corrected chi connectivity index (χ0v) is 15.8. The van der Waals surface area contributed by atoms with Gasteiger partial charge in [-0.05, 0) is 49.7 Å². The first-order chi connectivity index (χ1) is 13.1. The Balaban J connectivity index is 1.39. The number of likely N-dealkylation sites (tertiary alicyclic amines) is 1. The summed E-state index contributed by atoms with van der Waals surface area (Å²) < 4.78 is 11.1. The molecule has 6 heteroatoms. The third kappa shape index (κ3) is 5.78. The van der Waals surface area contributed by atoms with Gasteiger partial charge >= 0.3 is 5.97 Å². The highest BCUT2D eigenvalue weighted by Crippen LogP contribution is 2.24. The quantitative estimate of drug-likeness (QED) is 0.793. The molecule has 0 radical (unpaired) electrons. The van der Waals surface area contributed by atoms with Gasteiger partial charge in [0.15, 0.2) is 0 Å². The number of rotatable bonds is 7. The Morgan fingerprint density at radius 2 is 1.81 bits per heavy atom. The van der Waals surface area contributed by atoms with Gasteiger partial charge in [-0.2, -0.15) is 0 Å². The highest BCUT2D eigenvalue weighted by molar-refractivity contribution is 5.89. The molecule has 1 aromatic carbocycles. The van der Waals surface area contributed by atoms with Crippen LogP contribution < -0.4 is 0 Å². The predicted molar refractivity (Wildman–Crippen MR) is 101 cm³/mol. The molecule has 1 aromatic rings. The molecule has 0 unspecified atom stereocenters. The molecule has 0 aliphatic carbocycles. The van der Waals surface area contributed by atoms with Crippen molar-refractivity contribution in [3.05, 3.63) is 35.4 Å². The number of ether oxygens (including phenoxy) is 2. The Morgan fingerprint density at radius 1 is 1.11 bits per heavy atom. The van der Waals surface area contributed by atoms with Gasteiger partial charge in [0.05, 0.1) is 24.7 Å². The lowest BCUT2D eigenvalue weighted by atomic mass is 9.88. The molecule has 1 amide bonds. The van der Waals surface area contributed by atoms with Crippen molar-refractivity contribution in [1.82, 2.24) is 4.90 Å². The Bertz CT molecular complexity index is 633. The second kappa shape index (κ2) is 9.85. The summed E-state index contributed by atoms with van der Waals surface area (Å²) in [4.78, 5) is 25.7. The van der Waals surface area contributed by atoms with Gasteiger partial charge in [0.1, 0.15) is 0 Å². The van der Waals surface area contributed by atoms with Crippen LogP contribution in [0.1, 0.15) is 48.0 Å². The first-order valence-electron chi connectivity index (χ1n) is 9.92. The second-order valence-corrected chi connectivity index (χ2v) is 7.42. The maximum atomic E-state index is 12.4. The largest absolute Gasteiger partial charge is 0.478 e. The molecule has 148 valence electrons. The van der Waals surface area contributed by atoms with Gasteiger partial charge in [-0.3, -0.25) is 4.79 Å². The lowest BCUT2D eigenvalue weighted by molar-refractivity contribution is -0.134. The first kappa shape index (κ1) is 19.8. The fourth-order valence-electron chi connectivity index (χ4n) is 3.92. The van der Waals surface area contributed by atoms with Gasteiger partial charge in [-0.1, -0.05) is 18.2 Å². The summed E-state index contributed by atoms with van der Waals surface area (Å²) in [6, 6.07) is 7.21. The fraction of sp³-hybridized carbons (Fsp3) is 0.619. The van der Waals surface area contributed by atoms with Gasteiger partial charge in [0.25, 0.3) is 0 Å². The number of amides is 1. The number of nitrogens with zero attached hydrogens (tertiary/aromatic N) is 1. The molecule has 6 nitrogen and oxygen atoms in total. The number of benzene rings is 1. The van der Waals surface area contributed by atoms with Crippen LogP contribution in [-0.2, 0) is 20.7 Å². The van der Waals surface area contributed by atoms with Crippen LogP contribution in [0, 0.1) is 5.92 Å². The lowest BCUT2D eigenvalue weighted by Gasteiger charge is -2.32. The predicted octanol–water partition coefficient (Wildman–Crippen LogP) is 2.75. The molecule has 0 spiro atoms. The molecular formula is C21H29NO5. The summed E-state index contributed by atoms with van der Waals surface area (Å²) in [6.07, 6.45) is 5.09. The van der Waals surface area contributed by atoms with E-state index in [0.29, 0.717) is 24.5 Å². The number of hydrogen-bond donors (Lipinski definition) is 1. The molecule has 3 rings (SSSR count). The van der Waals surface area contributed by atoms with Crippen molar-refractivity contribution in [1.29, 1.82) is 0 Å². The number of carbonyl (C=O) groups is 2. The van der Waals surface area contributed by atoms with E-state index in [1.165, 1.54) is 0 Å². The standard InChI is InChI=1S/C21H29NO5/c23-20(9-14-27-18-7-12-26-13-8-18)22-10-5-16(6-11-22)15-17-3-1-2-4-19(17)21(24)25/h1-4,16,18H,5-15H2,(H,24,25). The third-order valence-corrected chi connectivity index (χ3v) is 5.56. The average molecular weight is 375 g/mol. The van der Waals surface area contributed by atoms with Crippen LogP contribution in [-0.4, -0.2) is 60.9 Å². The average Bonchev–Trinajstić information content (AvgIpc) is 2.69. The van der Waals surface area contributed by atoms with E-state index < -0.39 is 5.97 Å². The Morgan fingerprint density at radius 3 is 2.52 bits per heavy atom. The normalized spacial score (nSPS) is 19.2. The van der Waals surface area contributed by atoms with Crippen molar-refractivity contribution in [3.63, 3.8) is 0 Å². The minimum absolute atomic E-state index is 0.159. The van der Waals surface area contributed by atoms with E-state index in [2.05, 4.69) is 0 Å². The van der Waals surface area contributed by atoms with Crippen LogP contribution in [0.4, 0.5) is 0 Å². The summed E-state index contributed by atoms with van der Waals surface area (Å²) in [7, 11) is 0. The molecule has 2 saturated heterocycles. The summed E-state index contributed by atoms with van der Waals surface area (Å²) >= 11 is 0. The molecule has 0 saturated carbocycles. The molecule has 27 heavy (non-hydrogen) atoms. The van der Waals surface area contributed by atoms with Crippen molar-refractivity contribution in [2.75, 3.05) is 32.9 Å². The molecule has 0 bridgehead atoms. The maximum Gasteiger partial charge on any atom is 0.335 e. The molecule has 0 atom stereocenters. The highest BCUT2D eigenvalue weighted by Gasteiger charge is 2.24. The SMILES string of the molecule is O=C(O)c1ccccc1CC1CCN(C(=O)CCOC2CCOCC2)CC1. The molecule has 2 aliphatic rings. The maximum absolute atomic E-state index is 12.4. The van der Waals surface area contributed by atoms with Gasteiger partial charge < -0.3 is 19.5 Å². The number of carboxylic acids is 1. The van der Waals surface area contributed by atoms with E-state index in [4.69, 9.17) is 9.47 Å². The van der Waals surface area contributed by atoms with Gasteiger partial charge in [-0.25, -0.2) is 4.79 Å². The van der Waals surface area contributed by atoms with Crippen LogP contribution in [0.25, 0.3) is 0 Å². The highest BCUT2D eigenvalue weighted by atomic mass is 16.5. The zero-order chi connectivity index (χ0) is 19.1. The van der Waals surface area contributed by atoms with Crippen molar-refractivity contribution in [2.24, 2.45) is 5.92 Å². The minimum Gasteiger partial charge on any atom is -0.478 e. The number of piperidine rings is 1. The Hall–Kier alpha value is -1.92. The van der Waals surface area contributed by atoms with E-state index in [-0.39, 0.29) is 12.0 Å². The lowest BCUT2D eigenvalue weighted by Crippen LogP contribution is -2.39. The molecular weight excluding hydrogens is 346 g/mol. The molecule has 0 aromatic heterocycles. The van der Waals surface area contributed by atoms with Crippen molar-refractivity contribution in [2.45, 2.75) is 44.6 Å². The van der Waals surface area contributed by atoms with Crippen LogP contribution in [0.5, 0.6) is 0 Å². The van der Waals surface area contributed by atoms with Gasteiger partial charge in [-0.15, -0.1) is 0 Å². The van der Waals surface area contributed by atoms with Crippen molar-refractivity contribution >= 4 is 11.9 Å². The number of hydrogen-bond acceptors (Lipinski definition) is 4. The topological polar surface area (TPSA) is 76.1 Å². The third-order valence-electron chi connectivity index (χ3n) is 5.56. The monoisotopic (exact) mass is 375 g/mol. The number of carboxylic acid groups (broad SMARTS) is 1. The minimum atomic E-state index is -0.872. The second-order valence-electron chi connectivity index (χ2n) is 7.42. The summed E-state index contributed by atoms with van der Waals surface area (Å²) in [6.45, 7) is 3.47. The van der Waals surface area contributed by atoms with Crippen LogP contribution in [0.15, 0.2) is 24.3 Å². The van der Waals surface area contributed by atoms with Gasteiger partial charge in [0, 0.05) is 26.3 Å². The molecule has 2 fully saturated rings. The number of carbonyl (C=O) groups excluding carboxylic acids is 1. The van der Waals surface area contributed by atoms with E-state index in [0.717, 1.165) is 64.0 Å². The Kier molecular flexibility index (Phi) is 7.24. The zero-order valence-electron chi connectivity index (χ0n) is 15.8. The summed E-state index contributed by atoms with van der Waals surface area (Å²) in [5, 5.41) is 9.31. The van der Waals surface area contributed by atoms with E-state index in [9.17, 15) is 14.7 Å². The Labute approximate surface area is 160 Å². The smallest absolute Gasteiger partial charge is 0.335 e. The van der Waals surface area contributed by atoms with E-state index in [1.54, 1.807) is 12.1 Å². The molecule has 2 aliphatic heterocycles. The van der Waals surface area contributed by atoms with E-state index in [1.807, 2.05) is 17.0 Å². The summed E-state index contributed by atoms with van der Waals surface area (Å²) in [5.41, 5.74) is 1.28. The van der Waals surface area contributed by atoms with Crippen LogP contribution in [0.2, 0.25) is 0 Å². The summed E-state index contributed by atoms with van der Waals surface area (Å²) in [5.74, 6) is -0.290. The van der Waals surface area contributed by atoms with Crippen molar-refractivity contribution < 1.29 is 24.2 Å². The number of aromatic carboxylic acids is 1. The molecule has 1 N–H and O–H groups in total. The van der Waals surface area contributed by atoms with Gasteiger partial charge in [0.2, 0.25) is 5.91 Å². The fourth-order valence-corrected chi connectivity index (χ4v) is 3.92. The van der Waals surface area contributed by atoms with Crippen LogP contribution in [0.3, 0.4) is 0 Å². The van der Waals surface area contributed by atoms with E-state index >= 15 is 0 Å². The van der Waals surface area contributed by atoms with Crippen LogP contribution >= 0.6 is 0 Å². The first-order valence-corrected chi connectivity index (χ1v) is 9.92. The van der Waals surface area contributed by atoms with Crippen molar-refractivity contribution in [3.8, 4) is 0 Å².